The van der Waals surface area contributed by atoms with Crippen LogP contribution in [0.5, 0.6) is 0 Å². The zero-order chi connectivity index (χ0) is 16.2. The van der Waals surface area contributed by atoms with Gasteiger partial charge in [-0.1, -0.05) is 6.07 Å². The molecule has 2 rings (SSSR count). The first-order chi connectivity index (χ1) is 10.4. The van der Waals surface area contributed by atoms with Crippen molar-refractivity contribution in [1.82, 2.24) is 10.0 Å². The number of carbonyl (C=O) groups is 2. The van der Waals surface area contributed by atoms with Gasteiger partial charge in [-0.2, -0.15) is 0 Å². The van der Waals surface area contributed by atoms with Crippen LogP contribution in [0.25, 0.3) is 0 Å². The van der Waals surface area contributed by atoms with E-state index in [0.717, 1.165) is 24.2 Å². The van der Waals surface area contributed by atoms with Crippen LogP contribution in [0.15, 0.2) is 21.7 Å². The van der Waals surface area contributed by atoms with Crippen LogP contribution in [0.2, 0.25) is 0 Å². The Morgan fingerprint density at radius 2 is 2.18 bits per heavy atom. The molecule has 22 heavy (non-hydrogen) atoms. The number of sulfonamides is 1. The maximum absolute atomic E-state index is 11.8. The number of carbonyl (C=O) groups excluding carboxylic acids is 2. The summed E-state index contributed by atoms with van der Waals surface area (Å²) >= 11 is 1.10. The van der Waals surface area contributed by atoms with Gasteiger partial charge in [0.05, 0.1) is 6.42 Å². The minimum atomic E-state index is -3.58. The molecule has 0 saturated heterocycles. The normalized spacial score (nSPS) is 16.0. The average molecular weight is 346 g/mol. The van der Waals surface area contributed by atoms with E-state index < -0.39 is 22.1 Å². The van der Waals surface area contributed by atoms with Crippen molar-refractivity contribution >= 4 is 33.2 Å². The summed E-state index contributed by atoms with van der Waals surface area (Å²) in [4.78, 5) is 23.2. The Morgan fingerprint density at radius 1 is 1.45 bits per heavy atom. The molecule has 1 heterocycles. The summed E-state index contributed by atoms with van der Waals surface area (Å²) in [5.41, 5.74) is 0. The molecule has 0 radical (unpaired) electrons. The number of esters is 1. The summed E-state index contributed by atoms with van der Waals surface area (Å²) in [6.45, 7) is 1.42. The van der Waals surface area contributed by atoms with Crippen LogP contribution in [0.3, 0.4) is 0 Å². The first-order valence-corrected chi connectivity index (χ1v) is 9.28. The van der Waals surface area contributed by atoms with Gasteiger partial charge in [-0.3, -0.25) is 9.59 Å². The Bertz CT molecular complexity index is 623. The van der Waals surface area contributed by atoms with Crippen molar-refractivity contribution in [1.29, 1.82) is 0 Å². The van der Waals surface area contributed by atoms with Crippen LogP contribution < -0.4 is 10.0 Å². The largest absolute Gasteiger partial charge is 0.453 e. The fourth-order valence-electron chi connectivity index (χ4n) is 1.63. The average Bonchev–Trinajstić information content (AvgIpc) is 3.06. The summed E-state index contributed by atoms with van der Waals surface area (Å²) < 4.78 is 31.1. The summed E-state index contributed by atoms with van der Waals surface area (Å²) in [7, 11) is -3.58. The van der Waals surface area contributed by atoms with Crippen LogP contribution in [-0.2, 0) is 24.3 Å². The van der Waals surface area contributed by atoms with E-state index in [0.29, 0.717) is 0 Å². The molecule has 2 N–H and O–H groups in total. The summed E-state index contributed by atoms with van der Waals surface area (Å²) in [5, 5.41) is 4.39. The number of hydrogen-bond donors (Lipinski definition) is 2. The van der Waals surface area contributed by atoms with Gasteiger partial charge in [0.25, 0.3) is 5.91 Å². The van der Waals surface area contributed by atoms with Crippen molar-refractivity contribution in [3.8, 4) is 0 Å². The van der Waals surface area contributed by atoms with Crippen molar-refractivity contribution in [3.63, 3.8) is 0 Å². The number of thiophene rings is 1. The van der Waals surface area contributed by atoms with Crippen LogP contribution in [-0.4, -0.2) is 39.0 Å². The molecule has 9 heteroatoms. The first kappa shape index (κ1) is 16.9. The monoisotopic (exact) mass is 346 g/mol. The lowest BCUT2D eigenvalue weighted by Gasteiger charge is -2.13. The van der Waals surface area contributed by atoms with Crippen molar-refractivity contribution in [2.24, 2.45) is 0 Å². The van der Waals surface area contributed by atoms with E-state index in [2.05, 4.69) is 10.0 Å². The van der Waals surface area contributed by atoms with Gasteiger partial charge in [0, 0.05) is 12.6 Å². The van der Waals surface area contributed by atoms with Gasteiger partial charge in [-0.25, -0.2) is 13.1 Å². The number of amides is 1. The van der Waals surface area contributed by atoms with E-state index in [1.54, 1.807) is 11.4 Å². The molecule has 1 amide bonds. The van der Waals surface area contributed by atoms with Gasteiger partial charge in [0.15, 0.2) is 6.10 Å². The van der Waals surface area contributed by atoms with E-state index in [1.807, 2.05) is 0 Å². The van der Waals surface area contributed by atoms with E-state index in [4.69, 9.17) is 4.74 Å². The first-order valence-electron chi connectivity index (χ1n) is 6.91. The van der Waals surface area contributed by atoms with Gasteiger partial charge in [-0.05, 0) is 31.2 Å². The fraction of sp³-hybridized carbons (Fsp3) is 0.538. The fourth-order valence-corrected chi connectivity index (χ4v) is 3.70. The molecule has 0 spiro atoms. The Balaban J connectivity index is 1.70. The highest BCUT2D eigenvalue weighted by atomic mass is 32.2. The molecule has 122 valence electrons. The molecule has 1 aliphatic rings. The van der Waals surface area contributed by atoms with E-state index in [9.17, 15) is 18.0 Å². The Kier molecular flexibility index (Phi) is 5.54. The summed E-state index contributed by atoms with van der Waals surface area (Å²) in [6.07, 6.45) is 0.904. The Hall–Kier alpha value is -1.45. The number of rotatable bonds is 8. The minimum absolute atomic E-state index is 0.0734. The van der Waals surface area contributed by atoms with Crippen molar-refractivity contribution in [2.45, 2.75) is 42.5 Å². The smallest absolute Gasteiger partial charge is 0.307 e. The second-order valence-corrected chi connectivity index (χ2v) is 7.94. The number of ether oxygens (including phenoxy) is 1. The van der Waals surface area contributed by atoms with Crippen LogP contribution in [0.1, 0.15) is 26.2 Å². The molecule has 1 aromatic heterocycles. The molecule has 1 fully saturated rings. The third-order valence-electron chi connectivity index (χ3n) is 2.98. The van der Waals surface area contributed by atoms with E-state index in [1.165, 1.54) is 13.0 Å². The van der Waals surface area contributed by atoms with Crippen molar-refractivity contribution in [2.75, 3.05) is 6.54 Å². The Morgan fingerprint density at radius 3 is 2.77 bits per heavy atom. The van der Waals surface area contributed by atoms with Crippen molar-refractivity contribution < 1.29 is 22.7 Å². The van der Waals surface area contributed by atoms with E-state index in [-0.39, 0.29) is 29.1 Å². The van der Waals surface area contributed by atoms with Gasteiger partial charge in [0.1, 0.15) is 4.21 Å². The quantitative estimate of drug-likeness (QED) is 0.672. The third kappa shape index (κ3) is 5.08. The molecule has 1 atom stereocenters. The van der Waals surface area contributed by atoms with Gasteiger partial charge < -0.3 is 10.1 Å². The summed E-state index contributed by atoms with van der Waals surface area (Å²) in [6, 6.07) is 3.31. The van der Waals surface area contributed by atoms with Crippen molar-refractivity contribution in [3.05, 3.63) is 17.5 Å². The SMILES string of the molecule is C[C@H](OC(=O)CCNS(=O)(=O)c1cccs1)C(=O)NC1CC1. The van der Waals surface area contributed by atoms with Crippen LogP contribution >= 0.6 is 11.3 Å². The highest BCUT2D eigenvalue weighted by Gasteiger charge is 2.27. The van der Waals surface area contributed by atoms with Crippen LogP contribution in [0, 0.1) is 0 Å². The molecule has 0 bridgehead atoms. The molecule has 7 nitrogen and oxygen atoms in total. The predicted octanol–water partition coefficient (Wildman–Crippen LogP) is 0.627. The predicted molar refractivity (Wildman–Crippen MR) is 80.8 cm³/mol. The highest BCUT2D eigenvalue weighted by Crippen LogP contribution is 2.19. The second-order valence-electron chi connectivity index (χ2n) is 4.99. The molecular formula is C13H18N2O5S2. The molecule has 1 aliphatic carbocycles. The molecule has 1 aromatic rings. The lowest BCUT2D eigenvalue weighted by molar-refractivity contribution is -0.154. The topological polar surface area (TPSA) is 102 Å². The van der Waals surface area contributed by atoms with Gasteiger partial charge >= 0.3 is 5.97 Å². The third-order valence-corrected chi connectivity index (χ3v) is 5.84. The maximum Gasteiger partial charge on any atom is 0.307 e. The summed E-state index contributed by atoms with van der Waals surface area (Å²) in [5.74, 6) is -0.942. The molecule has 1 saturated carbocycles. The number of hydrogen-bond acceptors (Lipinski definition) is 6. The molecule has 0 aliphatic heterocycles. The lowest BCUT2D eigenvalue weighted by atomic mass is 10.3. The minimum Gasteiger partial charge on any atom is -0.453 e. The maximum atomic E-state index is 11.8. The highest BCUT2D eigenvalue weighted by molar-refractivity contribution is 7.91. The lowest BCUT2D eigenvalue weighted by Crippen LogP contribution is -2.37. The molecular weight excluding hydrogens is 328 g/mol. The van der Waals surface area contributed by atoms with Crippen LogP contribution in [0.4, 0.5) is 0 Å². The molecule has 0 aromatic carbocycles. The number of nitrogens with one attached hydrogen (secondary N) is 2. The zero-order valence-corrected chi connectivity index (χ0v) is 13.7. The Labute approximate surface area is 133 Å². The van der Waals surface area contributed by atoms with E-state index >= 15 is 0 Å². The second kappa shape index (κ2) is 7.21. The molecule has 0 unspecified atom stereocenters. The van der Waals surface area contributed by atoms with Gasteiger partial charge in [0.2, 0.25) is 10.0 Å². The zero-order valence-electron chi connectivity index (χ0n) is 12.1. The van der Waals surface area contributed by atoms with Gasteiger partial charge in [-0.15, -0.1) is 11.3 Å². The standard InChI is InChI=1S/C13H18N2O5S2/c1-9(13(17)15-10-4-5-10)20-11(16)6-7-14-22(18,19)12-3-2-8-21-12/h2-3,8-10,14H,4-7H2,1H3,(H,15,17)/t9-/m0/s1.